The summed E-state index contributed by atoms with van der Waals surface area (Å²) in [5, 5.41) is 8.13. The number of hydroxylamine groups is 2. The van der Waals surface area contributed by atoms with Gasteiger partial charge in [0.05, 0.1) is 36.9 Å². The number of nitrogens with one attached hydrogen (secondary N) is 2. The number of nitrogens with zero attached hydrogens (tertiary/aromatic N) is 9. The van der Waals surface area contributed by atoms with Gasteiger partial charge in [-0.3, -0.25) is 24.0 Å². The molecule has 6 aromatic rings. The van der Waals surface area contributed by atoms with Crippen molar-refractivity contribution in [3.05, 3.63) is 114 Å². The molecule has 2 N–H and O–H groups in total. The van der Waals surface area contributed by atoms with E-state index in [4.69, 9.17) is 47.5 Å². The highest BCUT2D eigenvalue weighted by molar-refractivity contribution is 6.31. The summed E-state index contributed by atoms with van der Waals surface area (Å²) < 4.78 is 17.2. The number of aromatic nitrogens is 6. The van der Waals surface area contributed by atoms with E-state index in [1.165, 1.54) is 30.2 Å². The van der Waals surface area contributed by atoms with Crippen LogP contribution in [-0.4, -0.2) is 121 Å². The van der Waals surface area contributed by atoms with Crippen molar-refractivity contribution in [1.82, 2.24) is 43.9 Å². The molecule has 3 amide bonds. The van der Waals surface area contributed by atoms with Crippen molar-refractivity contribution in [1.29, 1.82) is 0 Å². The van der Waals surface area contributed by atoms with Crippen molar-refractivity contribution in [2.45, 2.75) is 111 Å². The van der Waals surface area contributed by atoms with E-state index in [0.29, 0.717) is 89.0 Å². The van der Waals surface area contributed by atoms with Crippen LogP contribution in [0.4, 0.5) is 21.5 Å². The number of anilines is 2. The first-order valence-electron chi connectivity index (χ1n) is 24.8. The zero-order valence-corrected chi connectivity index (χ0v) is 46.0. The number of rotatable bonds is 11. The number of piperidine rings is 2. The second kappa shape index (κ2) is 22.9. The number of halogens is 2. The maximum atomic E-state index is 13.7. The van der Waals surface area contributed by atoms with E-state index in [-0.39, 0.29) is 34.7 Å². The smallest absolute Gasteiger partial charge is 0.407 e. The summed E-state index contributed by atoms with van der Waals surface area (Å²) in [6.07, 6.45) is 2.28. The molecule has 0 unspecified atom stereocenters. The second-order valence-electron chi connectivity index (χ2n) is 20.8. The van der Waals surface area contributed by atoms with Gasteiger partial charge in [0.2, 0.25) is 11.9 Å². The lowest BCUT2D eigenvalue weighted by molar-refractivity contribution is -0.0763. The minimum atomic E-state index is -0.604. The normalized spacial score (nSPS) is 16.1. The Morgan fingerprint density at radius 3 is 1.47 bits per heavy atom. The highest BCUT2D eigenvalue weighted by Gasteiger charge is 2.31. The predicted octanol–water partition coefficient (Wildman–Crippen LogP) is 7.70. The monoisotopic (exact) mass is 1070 g/mol. The Morgan fingerprint density at radius 2 is 1.08 bits per heavy atom. The number of pyridine rings is 2. The number of hydrogen-bond donors (Lipinski definition) is 2. The molecule has 0 bridgehead atoms. The summed E-state index contributed by atoms with van der Waals surface area (Å²) in [6.45, 7) is 15.4. The van der Waals surface area contributed by atoms with Crippen LogP contribution in [0.25, 0.3) is 22.1 Å². The summed E-state index contributed by atoms with van der Waals surface area (Å²) in [7, 11) is 5.99. The van der Waals surface area contributed by atoms with E-state index >= 15 is 0 Å². The predicted molar refractivity (Wildman–Crippen MR) is 289 cm³/mol. The third kappa shape index (κ3) is 13.1. The minimum Gasteiger partial charge on any atom is -0.444 e. The number of fused-ring (bicyclic) bond motifs is 2. The van der Waals surface area contributed by atoms with Crippen molar-refractivity contribution in [3.8, 4) is 0 Å². The molecule has 2 aliphatic rings. The summed E-state index contributed by atoms with van der Waals surface area (Å²) in [5.74, 6) is 0.472. The van der Waals surface area contributed by atoms with E-state index in [0.717, 1.165) is 41.9 Å². The lowest BCUT2D eigenvalue weighted by Crippen LogP contribution is -2.49. The molecule has 0 spiro atoms. The molecule has 75 heavy (non-hydrogen) atoms. The highest BCUT2D eigenvalue weighted by atomic mass is 35.5. The van der Waals surface area contributed by atoms with Gasteiger partial charge >= 0.3 is 12.2 Å². The molecule has 0 aliphatic carbocycles. The van der Waals surface area contributed by atoms with E-state index in [1.54, 1.807) is 32.3 Å². The van der Waals surface area contributed by atoms with Crippen LogP contribution in [0.2, 0.25) is 10.0 Å². The molecule has 20 nitrogen and oxygen atoms in total. The van der Waals surface area contributed by atoms with Crippen molar-refractivity contribution in [2.24, 2.45) is 14.1 Å². The van der Waals surface area contributed by atoms with E-state index in [2.05, 4.69) is 15.5 Å². The van der Waals surface area contributed by atoms with Crippen LogP contribution in [-0.2, 0) is 41.5 Å². The average molecular weight is 1070 g/mol. The quantitative estimate of drug-likeness (QED) is 0.0943. The van der Waals surface area contributed by atoms with Gasteiger partial charge in [0, 0.05) is 76.4 Å². The Kier molecular flexibility index (Phi) is 17.1. The van der Waals surface area contributed by atoms with Crippen LogP contribution >= 0.6 is 23.2 Å². The lowest BCUT2D eigenvalue weighted by atomic mass is 10.1. The molecular formula is C53H67Cl2N11O9. The molecule has 4 aromatic heterocycles. The molecular weight excluding hydrogens is 1010 g/mol. The molecule has 2 aromatic carbocycles. The van der Waals surface area contributed by atoms with Crippen molar-refractivity contribution >= 4 is 81.0 Å². The summed E-state index contributed by atoms with van der Waals surface area (Å²) in [6, 6.07) is 17.9. The number of ether oxygens (including phenoxy) is 2. The number of hydrogen-bond acceptors (Lipinski definition) is 13. The molecule has 0 radical (unpaired) electrons. The van der Waals surface area contributed by atoms with Gasteiger partial charge in [0.1, 0.15) is 27.9 Å². The molecule has 0 saturated carbocycles. The van der Waals surface area contributed by atoms with Crippen LogP contribution in [0.3, 0.4) is 0 Å². The molecule has 2 aliphatic heterocycles. The number of benzene rings is 2. The molecule has 22 heteroatoms. The van der Waals surface area contributed by atoms with Crippen LogP contribution in [0, 0.1) is 0 Å². The largest absolute Gasteiger partial charge is 0.444 e. The van der Waals surface area contributed by atoms with Crippen LogP contribution in [0.1, 0.15) is 106 Å². The van der Waals surface area contributed by atoms with E-state index in [9.17, 15) is 28.8 Å². The second-order valence-corrected chi connectivity index (χ2v) is 21.7. The van der Waals surface area contributed by atoms with Gasteiger partial charge in [-0.25, -0.2) is 24.6 Å². The number of alkyl carbamates (subject to hydrolysis) is 2. The molecule has 8 rings (SSSR count). The average Bonchev–Trinajstić information content (AvgIpc) is 3.89. The van der Waals surface area contributed by atoms with Gasteiger partial charge in [-0.05, 0) is 103 Å². The van der Waals surface area contributed by atoms with E-state index in [1.807, 2.05) is 98.0 Å². The van der Waals surface area contributed by atoms with Crippen LogP contribution in [0.5, 0.6) is 0 Å². The minimum absolute atomic E-state index is 0.141. The number of imidazole rings is 2. The molecule has 6 heterocycles. The Labute approximate surface area is 445 Å². The van der Waals surface area contributed by atoms with Crippen molar-refractivity contribution in [3.63, 3.8) is 0 Å². The van der Waals surface area contributed by atoms with Gasteiger partial charge in [-0.15, -0.1) is 0 Å². The van der Waals surface area contributed by atoms with Gasteiger partial charge in [0.15, 0.2) is 5.78 Å². The van der Waals surface area contributed by atoms with E-state index < -0.39 is 29.3 Å². The zero-order valence-electron chi connectivity index (χ0n) is 44.5. The number of carbonyl (C=O) groups excluding carboxylic acids is 4. The number of Topliss-reactive ketones (excluding diaryl/α,β-unsaturated/α-hetero) is 1. The third-order valence-corrected chi connectivity index (χ3v) is 13.5. The molecule has 2 saturated heterocycles. The van der Waals surface area contributed by atoms with Crippen molar-refractivity contribution < 1.29 is 33.5 Å². The summed E-state index contributed by atoms with van der Waals surface area (Å²) in [4.78, 5) is 95.8. The van der Waals surface area contributed by atoms with Gasteiger partial charge in [0.25, 0.3) is 17.0 Å². The Morgan fingerprint density at radius 1 is 0.680 bits per heavy atom. The number of carbonyl (C=O) groups is 4. The first kappa shape index (κ1) is 55.8. The molecule has 2 fully saturated rings. The Balaban J connectivity index is 0.000000219. The first-order valence-corrected chi connectivity index (χ1v) is 25.6. The fourth-order valence-electron chi connectivity index (χ4n) is 9.22. The molecule has 2 atom stereocenters. The number of ketones is 1. The van der Waals surface area contributed by atoms with Gasteiger partial charge < -0.3 is 48.2 Å². The lowest BCUT2D eigenvalue weighted by Gasteiger charge is -2.34. The standard InChI is InChI=1S/C27H35ClN6O5.C26H32ClN5O4/c1-27(2,3)39-26(37)29-18-11-9-13-33(16-18)25-30-20-14-21(23(35)32(5)38-6)31(4)24(36)22(20)34(25)15-17-10-7-8-12-19(17)28;1-16(33)21-13-20-22(23(34)30(21)5)32(14-17-9-6-7-11-19(17)27)24(29-20)31-12-8-10-18(15-31)28-25(35)36-26(2,3)4/h7-8,10,12,14,18H,9,11,13,15-16H2,1-6H3,(H,29,37);6-7,9,11,13,18H,8,10,12,14-15H2,1-5H3,(H,28,35)/t2*18-/m11/s1. The topological polar surface area (TPSA) is 209 Å². The SMILES string of the molecule is CC(=O)c1cc2nc(N3CCC[C@@H](NC(=O)OC(C)(C)C)C3)n(Cc3ccccc3Cl)c2c(=O)n1C.CON(C)C(=O)c1cc2nc(N3CCC[C@@H](NC(=O)OC(C)(C)C)C3)n(Cc3ccccc3Cl)c2c(=O)n1C. The van der Waals surface area contributed by atoms with Crippen molar-refractivity contribution in [2.75, 3.05) is 50.1 Å². The molecule has 402 valence electrons. The zero-order chi connectivity index (χ0) is 54.7. The summed E-state index contributed by atoms with van der Waals surface area (Å²) in [5.41, 5.74) is 1.84. The Bertz CT molecular complexity index is 3240. The van der Waals surface area contributed by atoms with Gasteiger partial charge in [-0.1, -0.05) is 59.6 Å². The van der Waals surface area contributed by atoms with Crippen LogP contribution in [0.15, 0.2) is 70.3 Å². The third-order valence-electron chi connectivity index (χ3n) is 12.8. The highest BCUT2D eigenvalue weighted by Crippen LogP contribution is 2.30. The first-order chi connectivity index (χ1) is 35.3. The maximum absolute atomic E-state index is 13.7. The fraction of sp³-hybridized carbons (Fsp3) is 0.472. The van der Waals surface area contributed by atoms with Gasteiger partial charge in [-0.2, -0.15) is 0 Å². The summed E-state index contributed by atoms with van der Waals surface area (Å²) >= 11 is 13.0. The number of amides is 3. The fourth-order valence-corrected chi connectivity index (χ4v) is 9.62. The maximum Gasteiger partial charge on any atom is 0.407 e. The van der Waals surface area contributed by atoms with Crippen LogP contribution < -0.4 is 31.6 Å². The Hall–Kier alpha value is -6.90.